The lowest BCUT2D eigenvalue weighted by atomic mass is 10.0. The van der Waals surface area contributed by atoms with E-state index in [-0.39, 0.29) is 45.1 Å². The maximum Gasteiger partial charge on any atom is 0.335 e. The average Bonchev–Trinajstić information content (AvgIpc) is 2.77. The number of hydrogen-bond acceptors (Lipinski definition) is 5. The fraction of sp³-hybridized carbons (Fsp3) is 0.400. The van der Waals surface area contributed by atoms with Crippen molar-refractivity contribution in [3.05, 3.63) is 51.7 Å². The van der Waals surface area contributed by atoms with E-state index in [0.29, 0.717) is 17.9 Å². The maximum absolute atomic E-state index is 13.1. The predicted molar refractivity (Wildman–Crippen MR) is 120 cm³/mol. The van der Waals surface area contributed by atoms with Gasteiger partial charge in [0.1, 0.15) is 16.9 Å². The first-order chi connectivity index (χ1) is 15.0. The Morgan fingerprint density at radius 1 is 0.968 bits per heavy atom. The molecule has 2 aromatic carbocycles. The van der Waals surface area contributed by atoms with Gasteiger partial charge in [-0.2, -0.15) is 0 Å². The van der Waals surface area contributed by atoms with Crippen molar-refractivity contribution in [2.75, 3.05) is 6.61 Å². The number of aromatic carboxylic acids is 1. The van der Waals surface area contributed by atoms with Crippen molar-refractivity contribution in [3.63, 3.8) is 0 Å². The van der Waals surface area contributed by atoms with Crippen LogP contribution >= 0.6 is 0 Å². The van der Waals surface area contributed by atoms with Crippen LogP contribution in [0.25, 0.3) is 21.9 Å². The molecule has 1 aromatic heterocycles. The largest absolute Gasteiger partial charge is 0.494 e. The minimum absolute atomic E-state index is 0.000476. The number of carbonyl (C=O) groups excluding carboxylic acids is 1. The monoisotopic (exact) mass is 424 g/mol. The standard InChI is InChI=1S/C25H28O6/c1-3-5-6-7-8-9-12-30-17-14-18(21(26)4-2)24-20(15-17)23(27)19-13-16(25(28)29)10-11-22(19)31-24/h10-11,13-15H,3-9,12H2,1-2H3,(H,28,29). The molecule has 0 radical (unpaired) electrons. The third-order valence-corrected chi connectivity index (χ3v) is 5.38. The van der Waals surface area contributed by atoms with Crippen LogP contribution in [-0.2, 0) is 0 Å². The lowest BCUT2D eigenvalue weighted by Crippen LogP contribution is -2.09. The summed E-state index contributed by atoms with van der Waals surface area (Å²) in [6, 6.07) is 7.33. The summed E-state index contributed by atoms with van der Waals surface area (Å²) in [7, 11) is 0. The summed E-state index contributed by atoms with van der Waals surface area (Å²) in [6.45, 7) is 4.43. The number of ether oxygens (including phenoxy) is 1. The molecular weight excluding hydrogens is 396 g/mol. The zero-order valence-corrected chi connectivity index (χ0v) is 18.0. The molecule has 0 amide bonds. The molecule has 0 aliphatic rings. The van der Waals surface area contributed by atoms with Gasteiger partial charge >= 0.3 is 5.97 Å². The van der Waals surface area contributed by atoms with Gasteiger partial charge in [0, 0.05) is 6.42 Å². The first-order valence-corrected chi connectivity index (χ1v) is 10.9. The quantitative estimate of drug-likeness (QED) is 0.231. The Bertz CT molecular complexity index is 1160. The molecule has 3 aromatic rings. The van der Waals surface area contributed by atoms with Crippen molar-refractivity contribution in [1.82, 2.24) is 0 Å². The van der Waals surface area contributed by atoms with Crippen LogP contribution in [0.5, 0.6) is 5.75 Å². The van der Waals surface area contributed by atoms with E-state index >= 15 is 0 Å². The van der Waals surface area contributed by atoms with Crippen molar-refractivity contribution in [2.24, 2.45) is 0 Å². The highest BCUT2D eigenvalue weighted by atomic mass is 16.5. The van der Waals surface area contributed by atoms with Crippen molar-refractivity contribution >= 4 is 33.7 Å². The van der Waals surface area contributed by atoms with E-state index in [1.165, 1.54) is 37.5 Å². The van der Waals surface area contributed by atoms with E-state index in [4.69, 9.17) is 9.15 Å². The first-order valence-electron chi connectivity index (χ1n) is 10.9. The van der Waals surface area contributed by atoms with Crippen molar-refractivity contribution in [3.8, 4) is 5.75 Å². The van der Waals surface area contributed by atoms with Gasteiger partial charge in [0.05, 0.1) is 28.5 Å². The van der Waals surface area contributed by atoms with Crippen LogP contribution in [0, 0.1) is 0 Å². The van der Waals surface area contributed by atoms with Gasteiger partial charge in [-0.1, -0.05) is 46.0 Å². The average molecular weight is 424 g/mol. The van der Waals surface area contributed by atoms with Crippen LogP contribution in [0.4, 0.5) is 0 Å². The fourth-order valence-corrected chi connectivity index (χ4v) is 3.62. The van der Waals surface area contributed by atoms with E-state index in [9.17, 15) is 19.5 Å². The number of ketones is 1. The van der Waals surface area contributed by atoms with Crippen LogP contribution in [0.15, 0.2) is 39.5 Å². The van der Waals surface area contributed by atoms with Crippen molar-refractivity contribution < 1.29 is 23.8 Å². The van der Waals surface area contributed by atoms with Gasteiger partial charge in [0.2, 0.25) is 5.43 Å². The van der Waals surface area contributed by atoms with Crippen LogP contribution in [-0.4, -0.2) is 23.5 Å². The Labute approximate surface area is 180 Å². The van der Waals surface area contributed by atoms with E-state index in [2.05, 4.69) is 6.92 Å². The highest BCUT2D eigenvalue weighted by Gasteiger charge is 2.18. The number of benzene rings is 2. The Morgan fingerprint density at radius 2 is 1.71 bits per heavy atom. The molecule has 0 saturated carbocycles. The first kappa shape index (κ1) is 22.5. The second-order valence-corrected chi connectivity index (χ2v) is 7.69. The lowest BCUT2D eigenvalue weighted by Gasteiger charge is -2.11. The second-order valence-electron chi connectivity index (χ2n) is 7.69. The summed E-state index contributed by atoms with van der Waals surface area (Å²) < 4.78 is 11.7. The molecule has 31 heavy (non-hydrogen) atoms. The number of carbonyl (C=O) groups is 2. The zero-order valence-electron chi connectivity index (χ0n) is 18.0. The summed E-state index contributed by atoms with van der Waals surface area (Å²) in [6.07, 6.45) is 7.04. The molecule has 1 N–H and O–H groups in total. The van der Waals surface area contributed by atoms with Crippen LogP contribution < -0.4 is 10.2 Å². The van der Waals surface area contributed by atoms with E-state index < -0.39 is 5.97 Å². The number of unbranched alkanes of at least 4 members (excludes halogenated alkanes) is 5. The molecule has 0 unspecified atom stereocenters. The number of rotatable bonds is 11. The summed E-state index contributed by atoms with van der Waals surface area (Å²) in [5.41, 5.74) is 0.376. The van der Waals surface area contributed by atoms with Crippen molar-refractivity contribution in [2.45, 2.75) is 58.8 Å². The Kier molecular flexibility index (Phi) is 7.45. The van der Waals surface area contributed by atoms with E-state index in [1.54, 1.807) is 19.1 Å². The molecular formula is C25H28O6. The maximum atomic E-state index is 13.1. The molecule has 0 aliphatic heterocycles. The normalized spacial score (nSPS) is 11.2. The topological polar surface area (TPSA) is 93.8 Å². The highest BCUT2D eigenvalue weighted by Crippen LogP contribution is 2.28. The van der Waals surface area contributed by atoms with Gasteiger partial charge in [-0.25, -0.2) is 4.79 Å². The molecule has 6 nitrogen and oxygen atoms in total. The summed E-state index contributed by atoms with van der Waals surface area (Å²) in [4.78, 5) is 37.0. The van der Waals surface area contributed by atoms with E-state index in [1.807, 2.05) is 0 Å². The van der Waals surface area contributed by atoms with E-state index in [0.717, 1.165) is 19.3 Å². The van der Waals surface area contributed by atoms with Gasteiger partial charge in [0.25, 0.3) is 0 Å². The molecule has 0 aliphatic carbocycles. The third-order valence-electron chi connectivity index (χ3n) is 5.38. The molecule has 164 valence electrons. The zero-order chi connectivity index (χ0) is 22.4. The number of carboxylic acids is 1. The van der Waals surface area contributed by atoms with Gasteiger partial charge in [-0.3, -0.25) is 9.59 Å². The van der Waals surface area contributed by atoms with Gasteiger partial charge < -0.3 is 14.3 Å². The Balaban J connectivity index is 1.97. The fourth-order valence-electron chi connectivity index (χ4n) is 3.62. The minimum Gasteiger partial charge on any atom is -0.494 e. The van der Waals surface area contributed by atoms with Crippen LogP contribution in [0.1, 0.15) is 79.5 Å². The Hall–Kier alpha value is -3.15. The third kappa shape index (κ3) is 5.13. The number of carboxylic acid groups (broad SMARTS) is 1. The predicted octanol–water partition coefficient (Wildman–Crippen LogP) is 5.98. The second kappa shape index (κ2) is 10.2. The number of Topliss-reactive ketones (excluding diaryl/α,β-unsaturated/α-hetero) is 1. The molecule has 0 saturated heterocycles. The van der Waals surface area contributed by atoms with Crippen LogP contribution in [0.3, 0.4) is 0 Å². The lowest BCUT2D eigenvalue weighted by molar-refractivity contribution is 0.0696. The number of fused-ring (bicyclic) bond motifs is 2. The Morgan fingerprint density at radius 3 is 2.42 bits per heavy atom. The highest BCUT2D eigenvalue weighted by molar-refractivity contribution is 6.08. The molecule has 0 atom stereocenters. The molecule has 1 heterocycles. The SMILES string of the molecule is CCCCCCCCOc1cc(C(=O)CC)c2oc3ccc(C(=O)O)cc3c(=O)c2c1. The molecule has 0 spiro atoms. The number of hydrogen-bond donors (Lipinski definition) is 1. The molecule has 6 heteroatoms. The summed E-state index contributed by atoms with van der Waals surface area (Å²) >= 11 is 0. The van der Waals surface area contributed by atoms with Crippen LogP contribution in [0.2, 0.25) is 0 Å². The minimum atomic E-state index is -1.13. The molecule has 0 bridgehead atoms. The van der Waals surface area contributed by atoms with Gasteiger partial charge in [-0.05, 0) is 36.8 Å². The molecule has 3 rings (SSSR count). The summed E-state index contributed by atoms with van der Waals surface area (Å²) in [5, 5.41) is 9.61. The molecule has 0 fully saturated rings. The van der Waals surface area contributed by atoms with Gasteiger partial charge in [0.15, 0.2) is 5.78 Å². The van der Waals surface area contributed by atoms with Crippen molar-refractivity contribution in [1.29, 1.82) is 0 Å². The summed E-state index contributed by atoms with van der Waals surface area (Å²) in [5.74, 6) is -0.835. The smallest absolute Gasteiger partial charge is 0.335 e. The van der Waals surface area contributed by atoms with Gasteiger partial charge in [-0.15, -0.1) is 0 Å².